The van der Waals surface area contributed by atoms with Gasteiger partial charge in [-0.15, -0.1) is 0 Å². The van der Waals surface area contributed by atoms with Gasteiger partial charge in [0.2, 0.25) is 0 Å². The van der Waals surface area contributed by atoms with E-state index in [9.17, 15) is 15.0 Å². The maximum atomic E-state index is 12.7. The Labute approximate surface area is 172 Å². The highest BCUT2D eigenvalue weighted by Gasteiger charge is 2.30. The molecule has 1 unspecified atom stereocenters. The number of fused-ring (bicyclic) bond motifs is 2. The normalized spacial score (nSPS) is 14.3. The zero-order valence-corrected chi connectivity index (χ0v) is 17.8. The van der Waals surface area contributed by atoms with E-state index in [0.29, 0.717) is 22.0 Å². The van der Waals surface area contributed by atoms with Crippen molar-refractivity contribution in [3.8, 4) is 23.0 Å². The number of ether oxygens (including phenoxy) is 3. The van der Waals surface area contributed by atoms with Crippen LogP contribution in [0.3, 0.4) is 0 Å². The van der Waals surface area contributed by atoms with E-state index in [4.69, 9.17) is 14.2 Å². The van der Waals surface area contributed by atoms with Crippen LogP contribution >= 0.6 is 15.9 Å². The van der Waals surface area contributed by atoms with E-state index in [1.807, 2.05) is 20.8 Å². The fourth-order valence-corrected chi connectivity index (χ4v) is 3.58. The van der Waals surface area contributed by atoms with Gasteiger partial charge in [-0.1, -0.05) is 13.8 Å². The van der Waals surface area contributed by atoms with Gasteiger partial charge in [-0.25, -0.2) is 4.79 Å². The minimum absolute atomic E-state index is 0.0583. The van der Waals surface area contributed by atoms with E-state index >= 15 is 0 Å². The first kappa shape index (κ1) is 20.5. The third kappa shape index (κ3) is 3.69. The average molecular weight is 451 g/mol. The van der Waals surface area contributed by atoms with Gasteiger partial charge in [0, 0.05) is 11.1 Å². The first-order valence-electron chi connectivity index (χ1n) is 8.99. The van der Waals surface area contributed by atoms with Gasteiger partial charge in [-0.3, -0.25) is 0 Å². The van der Waals surface area contributed by atoms with Crippen LogP contribution in [-0.4, -0.2) is 23.3 Å². The fraction of sp³-hybridized carbons (Fsp3) is 0.381. The van der Waals surface area contributed by atoms with Crippen LogP contribution in [0.5, 0.6) is 23.0 Å². The molecule has 0 radical (unpaired) electrons. The molecule has 0 aromatic heterocycles. The lowest BCUT2D eigenvalue weighted by molar-refractivity contribution is 0.0453. The van der Waals surface area contributed by atoms with Gasteiger partial charge < -0.3 is 24.4 Å². The summed E-state index contributed by atoms with van der Waals surface area (Å²) in [5.74, 6) is 0.190. The van der Waals surface area contributed by atoms with Gasteiger partial charge in [0.05, 0.1) is 17.7 Å². The monoisotopic (exact) mass is 450 g/mol. The second kappa shape index (κ2) is 8.01. The molecule has 0 aliphatic carbocycles. The number of aliphatic hydroxyl groups excluding tert-OH is 1. The molecule has 0 spiro atoms. The highest BCUT2D eigenvalue weighted by atomic mass is 79.9. The summed E-state index contributed by atoms with van der Waals surface area (Å²) in [6, 6.07) is 5.04. The number of aliphatic hydroxyl groups is 1. The third-order valence-electron chi connectivity index (χ3n) is 4.63. The lowest BCUT2D eigenvalue weighted by Crippen LogP contribution is -2.15. The predicted molar refractivity (Wildman–Crippen MR) is 107 cm³/mol. The van der Waals surface area contributed by atoms with Crippen molar-refractivity contribution in [2.45, 2.75) is 39.9 Å². The van der Waals surface area contributed by atoms with Crippen LogP contribution in [0.1, 0.15) is 53.4 Å². The molecule has 150 valence electrons. The number of phenols is 1. The molecule has 28 heavy (non-hydrogen) atoms. The second-order valence-corrected chi connectivity index (χ2v) is 8.02. The van der Waals surface area contributed by atoms with E-state index in [-0.39, 0.29) is 41.1 Å². The van der Waals surface area contributed by atoms with Crippen LogP contribution in [-0.2, 0) is 11.3 Å². The van der Waals surface area contributed by atoms with Crippen LogP contribution < -0.4 is 9.47 Å². The standard InChI is InChI=1S/C21H23BrO6/c1-10(2)7-14(23)13-5-6-15-16(20(13)26-4)21(25)27-9-12-8-11(3)17(22)18(24)19(12)28-15/h5-6,8,10,14,23-24H,7,9H2,1-4H3. The summed E-state index contributed by atoms with van der Waals surface area (Å²) in [5.41, 5.74) is 1.93. The zero-order chi connectivity index (χ0) is 20.6. The molecule has 1 aliphatic heterocycles. The molecule has 1 aliphatic rings. The molecular formula is C21H23BrO6. The maximum absolute atomic E-state index is 12.7. The quantitative estimate of drug-likeness (QED) is 0.636. The predicted octanol–water partition coefficient (Wildman–Crippen LogP) is 5.01. The number of benzene rings is 2. The minimum Gasteiger partial charge on any atom is -0.503 e. The molecular weight excluding hydrogens is 428 g/mol. The first-order valence-corrected chi connectivity index (χ1v) is 9.78. The Morgan fingerprint density at radius 2 is 2.04 bits per heavy atom. The number of carbonyl (C=O) groups excluding carboxylic acids is 1. The first-order chi connectivity index (χ1) is 13.2. The van der Waals surface area contributed by atoms with Crippen molar-refractivity contribution in [2.24, 2.45) is 5.92 Å². The maximum Gasteiger partial charge on any atom is 0.346 e. The topological polar surface area (TPSA) is 85.2 Å². The van der Waals surface area contributed by atoms with E-state index in [1.165, 1.54) is 7.11 Å². The van der Waals surface area contributed by atoms with Gasteiger partial charge in [-0.2, -0.15) is 0 Å². The van der Waals surface area contributed by atoms with Gasteiger partial charge in [0.1, 0.15) is 23.7 Å². The number of carbonyl (C=O) groups is 1. The molecule has 2 N–H and O–H groups in total. The Hall–Kier alpha value is -2.25. The highest BCUT2D eigenvalue weighted by molar-refractivity contribution is 9.10. The molecule has 0 amide bonds. The zero-order valence-electron chi connectivity index (χ0n) is 16.2. The number of hydrogen-bond donors (Lipinski definition) is 2. The van der Waals surface area contributed by atoms with E-state index < -0.39 is 12.1 Å². The summed E-state index contributed by atoms with van der Waals surface area (Å²) < 4.78 is 17.3. The van der Waals surface area contributed by atoms with E-state index in [0.717, 1.165) is 5.56 Å². The number of phenolic OH excluding ortho intramolecular Hbond substituents is 1. The third-order valence-corrected chi connectivity index (χ3v) is 5.64. The molecule has 3 rings (SSSR count). The van der Waals surface area contributed by atoms with Crippen molar-refractivity contribution >= 4 is 21.9 Å². The lowest BCUT2D eigenvalue weighted by Gasteiger charge is -2.24. The Bertz CT molecular complexity index is 922. The van der Waals surface area contributed by atoms with Crippen LogP contribution in [0, 0.1) is 12.8 Å². The summed E-state index contributed by atoms with van der Waals surface area (Å²) in [4.78, 5) is 12.7. The Balaban J connectivity index is 2.16. The summed E-state index contributed by atoms with van der Waals surface area (Å²) in [6.45, 7) is 5.77. The summed E-state index contributed by atoms with van der Waals surface area (Å²) >= 11 is 3.34. The number of cyclic esters (lactones) is 1. The number of halogens is 1. The molecule has 2 aromatic rings. The van der Waals surface area contributed by atoms with Gasteiger partial charge in [-0.05, 0) is 59.0 Å². The molecule has 0 saturated heterocycles. The molecule has 1 atom stereocenters. The molecule has 0 fully saturated rings. The van der Waals surface area contributed by atoms with Gasteiger partial charge >= 0.3 is 5.97 Å². The number of aromatic hydroxyl groups is 1. The molecule has 7 heteroatoms. The number of rotatable bonds is 4. The number of aryl methyl sites for hydroxylation is 1. The van der Waals surface area contributed by atoms with Crippen LogP contribution in [0.4, 0.5) is 0 Å². The smallest absolute Gasteiger partial charge is 0.346 e. The van der Waals surface area contributed by atoms with Crippen molar-refractivity contribution in [3.05, 3.63) is 44.9 Å². The Morgan fingerprint density at radius 1 is 1.32 bits per heavy atom. The average Bonchev–Trinajstić information content (AvgIpc) is 2.64. The molecule has 0 bridgehead atoms. The van der Waals surface area contributed by atoms with Gasteiger partial charge in [0.15, 0.2) is 11.5 Å². The number of hydrogen-bond acceptors (Lipinski definition) is 6. The fourth-order valence-electron chi connectivity index (χ4n) is 3.29. The molecule has 2 aromatic carbocycles. The SMILES string of the molecule is COc1c(C(O)CC(C)C)ccc2c1C(=O)OCc1cc(C)c(Br)c(O)c1O2. The van der Waals surface area contributed by atoms with Crippen molar-refractivity contribution in [2.75, 3.05) is 7.11 Å². The van der Waals surface area contributed by atoms with E-state index in [2.05, 4.69) is 15.9 Å². The molecule has 0 saturated carbocycles. The van der Waals surface area contributed by atoms with Crippen molar-refractivity contribution < 1.29 is 29.2 Å². The van der Waals surface area contributed by atoms with Crippen molar-refractivity contribution in [1.29, 1.82) is 0 Å². The molecule has 6 nitrogen and oxygen atoms in total. The summed E-state index contributed by atoms with van der Waals surface area (Å²) in [7, 11) is 1.43. The lowest BCUT2D eigenvalue weighted by atomic mass is 9.96. The number of methoxy groups -OCH3 is 1. The highest BCUT2D eigenvalue weighted by Crippen LogP contribution is 2.46. The van der Waals surface area contributed by atoms with Gasteiger partial charge in [0.25, 0.3) is 0 Å². The summed E-state index contributed by atoms with van der Waals surface area (Å²) in [6.07, 6.45) is -0.281. The minimum atomic E-state index is -0.795. The Morgan fingerprint density at radius 3 is 2.68 bits per heavy atom. The summed E-state index contributed by atoms with van der Waals surface area (Å²) in [5, 5.41) is 21.1. The number of esters is 1. The van der Waals surface area contributed by atoms with Crippen LogP contribution in [0.15, 0.2) is 22.7 Å². The van der Waals surface area contributed by atoms with Crippen LogP contribution in [0.2, 0.25) is 0 Å². The largest absolute Gasteiger partial charge is 0.503 e. The Kier molecular flexibility index (Phi) is 5.86. The van der Waals surface area contributed by atoms with Crippen LogP contribution in [0.25, 0.3) is 0 Å². The second-order valence-electron chi connectivity index (χ2n) is 7.23. The van der Waals surface area contributed by atoms with E-state index in [1.54, 1.807) is 18.2 Å². The van der Waals surface area contributed by atoms with Crippen molar-refractivity contribution in [3.63, 3.8) is 0 Å². The van der Waals surface area contributed by atoms with Crippen molar-refractivity contribution in [1.82, 2.24) is 0 Å². The molecule has 1 heterocycles.